The van der Waals surface area contributed by atoms with Crippen LogP contribution in [0.25, 0.3) is 6.08 Å². The second-order valence-corrected chi connectivity index (χ2v) is 4.43. The summed E-state index contributed by atoms with van der Waals surface area (Å²) in [6.45, 7) is 0.00743. The molecule has 0 aliphatic carbocycles. The zero-order valence-corrected chi connectivity index (χ0v) is 12.5. The number of hydrogen-bond acceptors (Lipinski definition) is 5. The van der Waals surface area contributed by atoms with Gasteiger partial charge in [-0.2, -0.15) is 5.26 Å². The standard InChI is InChI=1S/C17H15N3O3/c1-22-17-9-5-14(12-19-17)20-16(21)8-4-13-2-6-15(7-3-13)23-11-10-18/h2-9,12H,11H2,1H3,(H,20,21)/b8-4+. The third-order valence-electron chi connectivity index (χ3n) is 2.82. The first kappa shape index (κ1) is 16.0. The Bertz CT molecular complexity index is 716. The number of anilines is 1. The van der Waals surface area contributed by atoms with Crippen LogP contribution in [0.2, 0.25) is 0 Å². The SMILES string of the molecule is COc1ccc(NC(=O)/C=C/c2ccc(OCC#N)cc2)cn1. The number of carbonyl (C=O) groups is 1. The minimum absolute atomic E-state index is 0.00743. The predicted octanol–water partition coefficient (Wildman–Crippen LogP) is 2.64. The molecule has 2 aromatic rings. The summed E-state index contributed by atoms with van der Waals surface area (Å²) in [6.07, 6.45) is 4.63. The van der Waals surface area contributed by atoms with Gasteiger partial charge in [-0.3, -0.25) is 4.79 Å². The molecule has 6 nitrogen and oxygen atoms in total. The van der Waals surface area contributed by atoms with Crippen molar-refractivity contribution in [2.75, 3.05) is 19.0 Å². The highest BCUT2D eigenvalue weighted by Gasteiger charge is 1.99. The monoisotopic (exact) mass is 309 g/mol. The van der Waals surface area contributed by atoms with E-state index in [1.165, 1.54) is 19.4 Å². The maximum absolute atomic E-state index is 11.8. The molecule has 0 spiro atoms. The van der Waals surface area contributed by atoms with E-state index >= 15 is 0 Å². The maximum atomic E-state index is 11.8. The molecule has 116 valence electrons. The van der Waals surface area contributed by atoms with E-state index in [1.54, 1.807) is 42.5 Å². The molecular formula is C17H15N3O3. The molecule has 0 fully saturated rings. The molecule has 1 heterocycles. The molecule has 1 amide bonds. The number of amides is 1. The zero-order chi connectivity index (χ0) is 16.5. The van der Waals surface area contributed by atoms with Gasteiger partial charge in [0.2, 0.25) is 11.8 Å². The number of nitriles is 1. The third kappa shape index (κ3) is 5.17. The van der Waals surface area contributed by atoms with Crippen molar-refractivity contribution in [3.8, 4) is 17.7 Å². The van der Waals surface area contributed by atoms with E-state index in [1.807, 2.05) is 6.07 Å². The molecule has 1 aromatic heterocycles. The first-order valence-corrected chi connectivity index (χ1v) is 6.80. The van der Waals surface area contributed by atoms with Gasteiger partial charge in [-0.05, 0) is 29.8 Å². The lowest BCUT2D eigenvalue weighted by molar-refractivity contribution is -0.111. The van der Waals surface area contributed by atoms with Gasteiger partial charge in [0.15, 0.2) is 6.61 Å². The maximum Gasteiger partial charge on any atom is 0.248 e. The smallest absolute Gasteiger partial charge is 0.248 e. The Morgan fingerprint density at radius 1 is 1.30 bits per heavy atom. The normalized spacial score (nSPS) is 10.1. The second kappa shape index (κ2) is 8.20. The Morgan fingerprint density at radius 2 is 2.09 bits per heavy atom. The van der Waals surface area contributed by atoms with Gasteiger partial charge in [-0.1, -0.05) is 12.1 Å². The molecule has 0 saturated carbocycles. The van der Waals surface area contributed by atoms with Gasteiger partial charge < -0.3 is 14.8 Å². The molecule has 23 heavy (non-hydrogen) atoms. The van der Waals surface area contributed by atoms with Gasteiger partial charge in [-0.25, -0.2) is 4.98 Å². The number of nitrogens with one attached hydrogen (secondary N) is 1. The summed E-state index contributed by atoms with van der Waals surface area (Å²) < 4.78 is 10.1. The average molecular weight is 309 g/mol. The van der Waals surface area contributed by atoms with Crippen LogP contribution in [0.5, 0.6) is 11.6 Å². The van der Waals surface area contributed by atoms with Crippen molar-refractivity contribution in [3.63, 3.8) is 0 Å². The molecule has 0 aliphatic rings. The van der Waals surface area contributed by atoms with E-state index in [0.29, 0.717) is 17.3 Å². The van der Waals surface area contributed by atoms with Crippen molar-refractivity contribution >= 4 is 17.7 Å². The van der Waals surface area contributed by atoms with Crippen LogP contribution in [-0.2, 0) is 4.79 Å². The van der Waals surface area contributed by atoms with Crippen molar-refractivity contribution in [2.24, 2.45) is 0 Å². The van der Waals surface area contributed by atoms with E-state index in [4.69, 9.17) is 14.7 Å². The average Bonchev–Trinajstić information content (AvgIpc) is 2.59. The van der Waals surface area contributed by atoms with E-state index in [9.17, 15) is 4.79 Å². The lowest BCUT2D eigenvalue weighted by atomic mass is 10.2. The summed E-state index contributed by atoms with van der Waals surface area (Å²) in [5.74, 6) is 0.830. The van der Waals surface area contributed by atoms with E-state index in [0.717, 1.165) is 5.56 Å². The molecule has 6 heteroatoms. The van der Waals surface area contributed by atoms with Crippen LogP contribution in [-0.4, -0.2) is 24.6 Å². The number of carbonyl (C=O) groups excluding carboxylic acids is 1. The van der Waals surface area contributed by atoms with E-state index in [2.05, 4.69) is 10.3 Å². The fourth-order valence-electron chi connectivity index (χ4n) is 1.72. The first-order valence-electron chi connectivity index (χ1n) is 6.80. The molecule has 0 aliphatic heterocycles. The van der Waals surface area contributed by atoms with Crippen LogP contribution in [0, 0.1) is 11.3 Å². The highest BCUT2D eigenvalue weighted by atomic mass is 16.5. The summed E-state index contributed by atoms with van der Waals surface area (Å²) in [7, 11) is 1.53. The van der Waals surface area contributed by atoms with Gasteiger partial charge in [0.05, 0.1) is 19.0 Å². The minimum Gasteiger partial charge on any atom is -0.481 e. The minimum atomic E-state index is -0.262. The fourth-order valence-corrected chi connectivity index (χ4v) is 1.72. The molecule has 2 rings (SSSR count). The molecular weight excluding hydrogens is 294 g/mol. The summed E-state index contributed by atoms with van der Waals surface area (Å²) in [4.78, 5) is 15.8. The van der Waals surface area contributed by atoms with Gasteiger partial charge in [0.25, 0.3) is 0 Å². The zero-order valence-electron chi connectivity index (χ0n) is 12.5. The van der Waals surface area contributed by atoms with Crippen molar-refractivity contribution in [2.45, 2.75) is 0 Å². The number of benzene rings is 1. The largest absolute Gasteiger partial charge is 0.481 e. The Hall–Kier alpha value is -3.33. The highest BCUT2D eigenvalue weighted by Crippen LogP contribution is 2.14. The molecule has 0 unspecified atom stereocenters. The first-order chi connectivity index (χ1) is 11.2. The molecule has 0 bridgehead atoms. The Morgan fingerprint density at radius 3 is 2.70 bits per heavy atom. The van der Waals surface area contributed by atoms with Crippen LogP contribution in [0.1, 0.15) is 5.56 Å². The summed E-state index contributed by atoms with van der Waals surface area (Å²) in [5, 5.41) is 11.1. The lowest BCUT2D eigenvalue weighted by Crippen LogP contribution is -2.07. The van der Waals surface area contributed by atoms with Crippen molar-refractivity contribution in [1.82, 2.24) is 4.98 Å². The van der Waals surface area contributed by atoms with Crippen LogP contribution >= 0.6 is 0 Å². The topological polar surface area (TPSA) is 84.2 Å². The summed E-state index contributed by atoms with van der Waals surface area (Å²) in [5.41, 5.74) is 1.43. The van der Waals surface area contributed by atoms with Crippen molar-refractivity contribution < 1.29 is 14.3 Å². The molecule has 1 aromatic carbocycles. The lowest BCUT2D eigenvalue weighted by Gasteiger charge is -2.03. The number of hydrogen-bond donors (Lipinski definition) is 1. The number of ether oxygens (including phenoxy) is 2. The highest BCUT2D eigenvalue weighted by molar-refractivity contribution is 6.01. The number of rotatable bonds is 6. The van der Waals surface area contributed by atoms with E-state index < -0.39 is 0 Å². The Kier molecular flexibility index (Phi) is 5.72. The van der Waals surface area contributed by atoms with Crippen LogP contribution in [0.4, 0.5) is 5.69 Å². The van der Waals surface area contributed by atoms with Gasteiger partial charge in [0.1, 0.15) is 11.8 Å². The van der Waals surface area contributed by atoms with Crippen LogP contribution in [0.15, 0.2) is 48.7 Å². The molecule has 1 N–H and O–H groups in total. The third-order valence-corrected chi connectivity index (χ3v) is 2.82. The number of aromatic nitrogens is 1. The van der Waals surface area contributed by atoms with Crippen molar-refractivity contribution in [3.05, 3.63) is 54.2 Å². The van der Waals surface area contributed by atoms with Crippen LogP contribution in [0.3, 0.4) is 0 Å². The number of nitrogens with zero attached hydrogens (tertiary/aromatic N) is 2. The number of methoxy groups -OCH3 is 1. The van der Waals surface area contributed by atoms with Crippen LogP contribution < -0.4 is 14.8 Å². The Balaban J connectivity index is 1.91. The summed E-state index contributed by atoms with van der Waals surface area (Å²) >= 11 is 0. The van der Waals surface area contributed by atoms with Gasteiger partial charge in [0, 0.05) is 12.1 Å². The fraction of sp³-hybridized carbons (Fsp3) is 0.118. The van der Waals surface area contributed by atoms with Gasteiger partial charge >= 0.3 is 0 Å². The molecule has 0 saturated heterocycles. The molecule has 0 radical (unpaired) electrons. The Labute approximate surface area is 134 Å². The second-order valence-electron chi connectivity index (χ2n) is 4.43. The van der Waals surface area contributed by atoms with E-state index in [-0.39, 0.29) is 12.5 Å². The van der Waals surface area contributed by atoms with Crippen molar-refractivity contribution in [1.29, 1.82) is 5.26 Å². The summed E-state index contributed by atoms with van der Waals surface area (Å²) in [6, 6.07) is 12.3. The quantitative estimate of drug-likeness (QED) is 0.829. The van der Waals surface area contributed by atoms with Gasteiger partial charge in [-0.15, -0.1) is 0 Å². The molecule has 0 atom stereocenters. The number of pyridine rings is 1. The predicted molar refractivity (Wildman–Crippen MR) is 86.0 cm³/mol.